The quantitative estimate of drug-likeness (QED) is 0.600. The average Bonchev–Trinajstić information content (AvgIpc) is 3.46. The van der Waals surface area contributed by atoms with Crippen molar-refractivity contribution in [1.29, 1.82) is 0 Å². The largest absolute Gasteiger partial charge is 0.383 e. The molecule has 0 radical (unpaired) electrons. The molecule has 2 atom stereocenters. The molecule has 6 nitrogen and oxygen atoms in total. The van der Waals surface area contributed by atoms with Crippen molar-refractivity contribution in [3.8, 4) is 11.3 Å². The van der Waals surface area contributed by atoms with E-state index in [2.05, 4.69) is 27.2 Å². The van der Waals surface area contributed by atoms with Crippen LogP contribution in [-0.2, 0) is 0 Å². The molecule has 5 rings (SSSR count). The number of nitrogens with two attached hydrogens (primary N) is 1. The maximum absolute atomic E-state index is 10.6. The van der Waals surface area contributed by atoms with E-state index in [9.17, 15) is 5.11 Å². The third-order valence-electron chi connectivity index (χ3n) is 6.80. The molecule has 0 bridgehead atoms. The van der Waals surface area contributed by atoms with Crippen LogP contribution in [0.2, 0.25) is 0 Å². The van der Waals surface area contributed by atoms with Crippen molar-refractivity contribution in [2.75, 3.05) is 11.1 Å². The maximum Gasteiger partial charge on any atom is 0.133 e. The predicted octanol–water partition coefficient (Wildman–Crippen LogP) is 3.81. The van der Waals surface area contributed by atoms with Crippen molar-refractivity contribution in [3.63, 3.8) is 0 Å². The summed E-state index contributed by atoms with van der Waals surface area (Å²) in [7, 11) is 0. The number of hydrogen-bond acceptors (Lipinski definition) is 6. The summed E-state index contributed by atoms with van der Waals surface area (Å²) in [5.74, 6) is 1.45. The van der Waals surface area contributed by atoms with Crippen LogP contribution in [0.4, 0.5) is 11.6 Å². The average molecular weight is 375 g/mol. The first-order valence-corrected chi connectivity index (χ1v) is 9.89. The molecular formula is C22H25N5O. The number of hydrogen-bond donors (Lipinski definition) is 3. The lowest BCUT2D eigenvalue weighted by Crippen LogP contribution is -2.41. The van der Waals surface area contributed by atoms with E-state index in [0.717, 1.165) is 39.6 Å². The summed E-state index contributed by atoms with van der Waals surface area (Å²) < 4.78 is 0. The third kappa shape index (κ3) is 2.71. The highest BCUT2D eigenvalue weighted by Gasteiger charge is 2.57. The molecule has 3 heterocycles. The molecule has 0 aromatic carbocycles. The summed E-state index contributed by atoms with van der Waals surface area (Å²) in [5, 5.41) is 15.6. The van der Waals surface area contributed by atoms with Crippen molar-refractivity contribution in [3.05, 3.63) is 41.9 Å². The number of nitrogen functional groups attached to an aromatic ring is 1. The van der Waals surface area contributed by atoms with Gasteiger partial charge in [0, 0.05) is 35.5 Å². The number of aryl methyl sites for hydroxylation is 1. The summed E-state index contributed by atoms with van der Waals surface area (Å²) >= 11 is 0. The summed E-state index contributed by atoms with van der Waals surface area (Å²) in [4.78, 5) is 13.3. The van der Waals surface area contributed by atoms with E-state index in [1.807, 2.05) is 31.5 Å². The zero-order valence-electron chi connectivity index (χ0n) is 16.2. The number of nitrogens with zero attached hydrogens (tertiary/aromatic N) is 3. The molecule has 28 heavy (non-hydrogen) atoms. The van der Waals surface area contributed by atoms with Gasteiger partial charge in [-0.25, -0.2) is 9.97 Å². The SMILES string of the molecule is Cc1cncc(-c2cc3cc(NC(O)[C@@H]4CCC45CC5)ncc3c(N)n2)c1C. The summed E-state index contributed by atoms with van der Waals surface area (Å²) in [5.41, 5.74) is 10.7. The Balaban J connectivity index is 1.49. The Hall–Kier alpha value is -2.73. The normalized spacial score (nSPS) is 20.8. The summed E-state index contributed by atoms with van der Waals surface area (Å²) in [6, 6.07) is 3.96. The second kappa shape index (κ2) is 6.14. The molecule has 1 spiro atoms. The minimum atomic E-state index is -0.553. The van der Waals surface area contributed by atoms with Gasteiger partial charge in [0.2, 0.25) is 0 Å². The Labute approximate surface area is 164 Å². The number of pyridine rings is 3. The Morgan fingerprint density at radius 1 is 1.18 bits per heavy atom. The van der Waals surface area contributed by atoms with Crippen LogP contribution < -0.4 is 11.1 Å². The first-order valence-electron chi connectivity index (χ1n) is 9.89. The first kappa shape index (κ1) is 17.4. The van der Waals surface area contributed by atoms with Crippen molar-refractivity contribution >= 4 is 22.4 Å². The van der Waals surface area contributed by atoms with Gasteiger partial charge in [-0.3, -0.25) is 4.98 Å². The van der Waals surface area contributed by atoms with Gasteiger partial charge in [0.05, 0.1) is 5.69 Å². The zero-order valence-corrected chi connectivity index (χ0v) is 16.2. The lowest BCUT2D eigenvalue weighted by Gasteiger charge is -2.40. The van der Waals surface area contributed by atoms with Crippen molar-refractivity contribution in [2.45, 2.75) is 45.8 Å². The van der Waals surface area contributed by atoms with Crippen molar-refractivity contribution in [1.82, 2.24) is 15.0 Å². The van der Waals surface area contributed by atoms with Gasteiger partial charge in [-0.05, 0) is 73.6 Å². The van der Waals surface area contributed by atoms with Crippen LogP contribution in [0.25, 0.3) is 22.0 Å². The smallest absolute Gasteiger partial charge is 0.133 e. The second-order valence-electron chi connectivity index (χ2n) is 8.41. The number of fused-ring (bicyclic) bond motifs is 1. The topological polar surface area (TPSA) is 97.0 Å². The van der Waals surface area contributed by atoms with Gasteiger partial charge >= 0.3 is 0 Å². The Morgan fingerprint density at radius 3 is 2.71 bits per heavy atom. The molecule has 144 valence electrons. The molecule has 2 fully saturated rings. The van der Waals surface area contributed by atoms with Gasteiger partial charge in [-0.2, -0.15) is 0 Å². The molecular weight excluding hydrogens is 350 g/mol. The zero-order chi connectivity index (χ0) is 19.5. The third-order valence-corrected chi connectivity index (χ3v) is 6.80. The van der Waals surface area contributed by atoms with Gasteiger partial charge in [-0.15, -0.1) is 0 Å². The number of nitrogens with one attached hydrogen (secondary N) is 1. The molecule has 2 aliphatic carbocycles. The summed E-state index contributed by atoms with van der Waals surface area (Å²) in [6.45, 7) is 4.10. The lowest BCUT2D eigenvalue weighted by molar-refractivity contribution is 0.0153. The highest BCUT2D eigenvalue weighted by Crippen LogP contribution is 2.65. The minimum absolute atomic E-state index is 0.337. The molecule has 4 N–H and O–H groups in total. The van der Waals surface area contributed by atoms with Gasteiger partial charge < -0.3 is 16.2 Å². The Morgan fingerprint density at radius 2 is 2.00 bits per heavy atom. The number of aliphatic hydroxyl groups is 1. The molecule has 2 aliphatic rings. The van der Waals surface area contributed by atoms with Crippen LogP contribution in [0.1, 0.15) is 36.8 Å². The van der Waals surface area contributed by atoms with E-state index < -0.39 is 6.23 Å². The van der Waals surface area contributed by atoms with Crippen molar-refractivity contribution < 1.29 is 5.11 Å². The van der Waals surface area contributed by atoms with Gasteiger partial charge in [0.1, 0.15) is 17.9 Å². The molecule has 2 saturated carbocycles. The van der Waals surface area contributed by atoms with Crippen LogP contribution in [0, 0.1) is 25.2 Å². The lowest BCUT2D eigenvalue weighted by atomic mass is 9.69. The Kier molecular flexibility index (Phi) is 3.81. The maximum atomic E-state index is 10.6. The summed E-state index contributed by atoms with van der Waals surface area (Å²) in [6.07, 6.45) is 9.68. The molecule has 0 aliphatic heterocycles. The number of aliphatic hydroxyl groups excluding tert-OH is 1. The fourth-order valence-electron chi connectivity index (χ4n) is 4.52. The number of aromatic nitrogens is 3. The van der Waals surface area contributed by atoms with E-state index in [-0.39, 0.29) is 0 Å². The first-order chi connectivity index (χ1) is 13.5. The van der Waals surface area contributed by atoms with Crippen molar-refractivity contribution in [2.24, 2.45) is 11.3 Å². The molecule has 0 amide bonds. The van der Waals surface area contributed by atoms with E-state index >= 15 is 0 Å². The van der Waals surface area contributed by atoms with E-state index in [0.29, 0.717) is 23.0 Å². The van der Waals surface area contributed by atoms with Gasteiger partial charge in [0.15, 0.2) is 0 Å². The molecule has 0 saturated heterocycles. The predicted molar refractivity (Wildman–Crippen MR) is 111 cm³/mol. The number of rotatable bonds is 4. The fraction of sp³-hybridized carbons (Fsp3) is 0.409. The second-order valence-corrected chi connectivity index (χ2v) is 8.41. The molecule has 1 unspecified atom stereocenters. The van der Waals surface area contributed by atoms with Gasteiger partial charge in [0.25, 0.3) is 0 Å². The molecule has 6 heteroatoms. The number of anilines is 2. The van der Waals surface area contributed by atoms with E-state index in [1.54, 1.807) is 6.20 Å². The van der Waals surface area contributed by atoms with E-state index in [4.69, 9.17) is 5.73 Å². The highest BCUT2D eigenvalue weighted by atomic mass is 16.3. The molecule has 3 aromatic heterocycles. The van der Waals surface area contributed by atoms with Gasteiger partial charge in [-0.1, -0.05) is 0 Å². The van der Waals surface area contributed by atoms with Crippen LogP contribution in [0.3, 0.4) is 0 Å². The standard InChI is InChI=1S/C22H25N5O/c1-12-9-24-10-15(13(12)2)18-7-14-8-19(25-11-16(14)20(23)26-18)27-21(28)17-3-4-22(17)5-6-22/h7-11,17,21,28H,3-6H2,1-2H3,(H2,23,26)(H,25,27)/t17-,21?/m0/s1. The Bertz CT molecular complexity index is 1080. The fourth-order valence-corrected chi connectivity index (χ4v) is 4.52. The minimum Gasteiger partial charge on any atom is -0.383 e. The monoisotopic (exact) mass is 375 g/mol. The van der Waals surface area contributed by atoms with Crippen LogP contribution >= 0.6 is 0 Å². The van der Waals surface area contributed by atoms with Crippen LogP contribution in [0.15, 0.2) is 30.7 Å². The van der Waals surface area contributed by atoms with Crippen LogP contribution in [0.5, 0.6) is 0 Å². The molecule has 3 aromatic rings. The highest BCUT2D eigenvalue weighted by molar-refractivity contribution is 5.94. The van der Waals surface area contributed by atoms with E-state index in [1.165, 1.54) is 19.3 Å². The van der Waals surface area contributed by atoms with Crippen LogP contribution in [-0.4, -0.2) is 26.3 Å².